The van der Waals surface area contributed by atoms with E-state index in [1.165, 1.54) is 7.11 Å². The molecule has 108 valence electrons. The average Bonchev–Trinajstić information content (AvgIpc) is 2.91. The third-order valence-electron chi connectivity index (χ3n) is 2.98. The molecule has 0 radical (unpaired) electrons. The van der Waals surface area contributed by atoms with Crippen LogP contribution in [0.2, 0.25) is 0 Å². The Morgan fingerprint density at radius 1 is 1.30 bits per heavy atom. The van der Waals surface area contributed by atoms with Gasteiger partial charge in [-0.05, 0) is 42.7 Å². The van der Waals surface area contributed by atoms with Gasteiger partial charge >= 0.3 is 0 Å². The first kappa shape index (κ1) is 14.6. The van der Waals surface area contributed by atoms with E-state index in [-0.39, 0.29) is 4.90 Å². The van der Waals surface area contributed by atoms with Crippen molar-refractivity contribution in [2.45, 2.75) is 18.2 Å². The van der Waals surface area contributed by atoms with Gasteiger partial charge in [-0.15, -0.1) is 0 Å². The Bertz CT molecular complexity index is 664. The molecule has 0 aliphatic heterocycles. The summed E-state index contributed by atoms with van der Waals surface area (Å²) in [6.07, 6.45) is 4.30. The van der Waals surface area contributed by atoms with E-state index >= 15 is 0 Å². The summed E-state index contributed by atoms with van der Waals surface area (Å²) >= 11 is 0. The van der Waals surface area contributed by atoms with E-state index in [2.05, 4.69) is 9.71 Å². The standard InChI is InChI=1S/C14H18N2O3S/c1-11-3-4-13(19-2)14(9-11)20(17,18)16-8-6-12-5-7-15-10-12/h3-5,7,9-10,15-16H,6,8H2,1-2H3. The maximum Gasteiger partial charge on any atom is 0.244 e. The van der Waals surface area contributed by atoms with Crippen LogP contribution in [0.5, 0.6) is 5.75 Å². The Morgan fingerprint density at radius 3 is 2.75 bits per heavy atom. The molecule has 1 aromatic heterocycles. The van der Waals surface area contributed by atoms with Gasteiger partial charge in [-0.25, -0.2) is 13.1 Å². The van der Waals surface area contributed by atoms with Crippen LogP contribution < -0.4 is 9.46 Å². The van der Waals surface area contributed by atoms with Crippen molar-refractivity contribution >= 4 is 10.0 Å². The lowest BCUT2D eigenvalue weighted by atomic mass is 10.2. The Balaban J connectivity index is 2.11. The first-order chi connectivity index (χ1) is 9.53. The van der Waals surface area contributed by atoms with E-state index in [1.54, 1.807) is 12.1 Å². The molecule has 2 aromatic rings. The van der Waals surface area contributed by atoms with Crippen LogP contribution >= 0.6 is 0 Å². The van der Waals surface area contributed by atoms with Crippen LogP contribution in [0.25, 0.3) is 0 Å². The molecular weight excluding hydrogens is 276 g/mol. The smallest absolute Gasteiger partial charge is 0.244 e. The van der Waals surface area contributed by atoms with E-state index in [4.69, 9.17) is 4.74 Å². The van der Waals surface area contributed by atoms with Gasteiger partial charge in [0.05, 0.1) is 7.11 Å². The molecule has 0 aliphatic rings. The molecule has 6 heteroatoms. The molecule has 0 saturated carbocycles. The maximum absolute atomic E-state index is 12.3. The summed E-state index contributed by atoms with van der Waals surface area (Å²) in [7, 11) is -2.10. The number of aryl methyl sites for hydroxylation is 1. The van der Waals surface area contributed by atoms with E-state index in [0.717, 1.165) is 11.1 Å². The summed E-state index contributed by atoms with van der Waals surface area (Å²) in [4.78, 5) is 3.11. The molecule has 0 fully saturated rings. The van der Waals surface area contributed by atoms with Crippen molar-refractivity contribution in [3.8, 4) is 5.75 Å². The number of hydrogen-bond donors (Lipinski definition) is 2. The average molecular weight is 294 g/mol. The maximum atomic E-state index is 12.3. The lowest BCUT2D eigenvalue weighted by molar-refractivity contribution is 0.402. The van der Waals surface area contributed by atoms with Crippen molar-refractivity contribution in [2.24, 2.45) is 0 Å². The second-order valence-electron chi connectivity index (χ2n) is 4.52. The highest BCUT2D eigenvalue weighted by molar-refractivity contribution is 7.89. The molecule has 0 spiro atoms. The van der Waals surface area contributed by atoms with Crippen molar-refractivity contribution in [2.75, 3.05) is 13.7 Å². The van der Waals surface area contributed by atoms with Crippen molar-refractivity contribution in [3.63, 3.8) is 0 Å². The molecule has 0 bridgehead atoms. The number of hydrogen-bond acceptors (Lipinski definition) is 3. The Kier molecular flexibility index (Phi) is 4.46. The molecule has 1 heterocycles. The number of ether oxygens (including phenoxy) is 1. The molecule has 0 saturated heterocycles. The molecule has 20 heavy (non-hydrogen) atoms. The number of rotatable bonds is 6. The van der Waals surface area contributed by atoms with Gasteiger partial charge in [0.2, 0.25) is 10.0 Å². The minimum absolute atomic E-state index is 0.175. The Hall–Kier alpha value is -1.79. The largest absolute Gasteiger partial charge is 0.495 e. The third kappa shape index (κ3) is 3.40. The Morgan fingerprint density at radius 2 is 2.10 bits per heavy atom. The SMILES string of the molecule is COc1ccc(C)cc1S(=O)(=O)NCCc1cc[nH]c1. The number of benzene rings is 1. The monoisotopic (exact) mass is 294 g/mol. The van der Waals surface area contributed by atoms with E-state index in [0.29, 0.717) is 18.7 Å². The minimum Gasteiger partial charge on any atom is -0.495 e. The topological polar surface area (TPSA) is 71.2 Å². The van der Waals surface area contributed by atoms with Crippen molar-refractivity contribution in [1.82, 2.24) is 9.71 Å². The zero-order valence-electron chi connectivity index (χ0n) is 11.5. The molecule has 2 N–H and O–H groups in total. The summed E-state index contributed by atoms with van der Waals surface area (Å²) in [5.41, 5.74) is 1.93. The van der Waals surface area contributed by atoms with Crippen LogP contribution in [0.3, 0.4) is 0 Å². The lowest BCUT2D eigenvalue weighted by Crippen LogP contribution is -2.26. The van der Waals surface area contributed by atoms with Gasteiger partial charge in [0, 0.05) is 18.9 Å². The van der Waals surface area contributed by atoms with E-state index in [9.17, 15) is 8.42 Å². The van der Waals surface area contributed by atoms with Crippen LogP contribution in [0, 0.1) is 6.92 Å². The number of aromatic nitrogens is 1. The van der Waals surface area contributed by atoms with Crippen LogP contribution in [-0.2, 0) is 16.4 Å². The second kappa shape index (κ2) is 6.11. The fourth-order valence-corrected chi connectivity index (χ4v) is 3.20. The van der Waals surface area contributed by atoms with Crippen molar-refractivity contribution < 1.29 is 13.2 Å². The molecule has 5 nitrogen and oxygen atoms in total. The van der Waals surface area contributed by atoms with Crippen LogP contribution in [0.15, 0.2) is 41.6 Å². The number of H-pyrrole nitrogens is 1. The highest BCUT2D eigenvalue weighted by atomic mass is 32.2. The summed E-state index contributed by atoms with van der Waals surface area (Å²) in [6.45, 7) is 2.19. The number of methoxy groups -OCH3 is 1. The van der Waals surface area contributed by atoms with Crippen molar-refractivity contribution in [3.05, 3.63) is 47.8 Å². The lowest BCUT2D eigenvalue weighted by Gasteiger charge is -2.11. The third-order valence-corrected chi connectivity index (χ3v) is 4.46. The summed E-state index contributed by atoms with van der Waals surface area (Å²) < 4.78 is 32.3. The molecule has 0 aliphatic carbocycles. The van der Waals surface area contributed by atoms with Crippen LogP contribution in [0.4, 0.5) is 0 Å². The molecular formula is C14H18N2O3S. The molecule has 1 aromatic carbocycles. The summed E-state index contributed by atoms with van der Waals surface area (Å²) in [5, 5.41) is 0. The number of sulfonamides is 1. The van der Waals surface area contributed by atoms with Gasteiger partial charge in [0.1, 0.15) is 10.6 Å². The minimum atomic E-state index is -3.56. The van der Waals surface area contributed by atoms with Gasteiger partial charge < -0.3 is 9.72 Å². The molecule has 0 unspecified atom stereocenters. The summed E-state index contributed by atoms with van der Waals surface area (Å²) in [6, 6.07) is 7.01. The molecule has 0 amide bonds. The first-order valence-corrected chi connectivity index (χ1v) is 7.77. The van der Waals surface area contributed by atoms with E-state index in [1.807, 2.05) is 31.5 Å². The van der Waals surface area contributed by atoms with E-state index < -0.39 is 10.0 Å². The van der Waals surface area contributed by atoms with Crippen LogP contribution in [0.1, 0.15) is 11.1 Å². The van der Waals surface area contributed by atoms with Gasteiger partial charge in [-0.2, -0.15) is 0 Å². The predicted molar refractivity (Wildman–Crippen MR) is 77.4 cm³/mol. The van der Waals surface area contributed by atoms with Crippen molar-refractivity contribution in [1.29, 1.82) is 0 Å². The second-order valence-corrected chi connectivity index (χ2v) is 6.26. The highest BCUT2D eigenvalue weighted by Gasteiger charge is 2.19. The quantitative estimate of drug-likeness (QED) is 0.854. The zero-order valence-corrected chi connectivity index (χ0v) is 12.3. The molecule has 2 rings (SSSR count). The normalized spacial score (nSPS) is 11.5. The van der Waals surface area contributed by atoms with Crippen LogP contribution in [-0.4, -0.2) is 27.1 Å². The molecule has 0 atom stereocenters. The van der Waals surface area contributed by atoms with Gasteiger partial charge in [0.25, 0.3) is 0 Å². The summed E-state index contributed by atoms with van der Waals surface area (Å²) in [5.74, 6) is 0.352. The van der Waals surface area contributed by atoms with Gasteiger partial charge in [-0.1, -0.05) is 6.07 Å². The Labute approximate surface area is 119 Å². The predicted octanol–water partition coefficient (Wildman–Crippen LogP) is 1.85. The fraction of sp³-hybridized carbons (Fsp3) is 0.286. The zero-order chi connectivity index (χ0) is 14.6. The highest BCUT2D eigenvalue weighted by Crippen LogP contribution is 2.24. The fourth-order valence-electron chi connectivity index (χ4n) is 1.92. The first-order valence-electron chi connectivity index (χ1n) is 6.29. The van der Waals surface area contributed by atoms with Gasteiger partial charge in [-0.3, -0.25) is 0 Å². The number of nitrogens with one attached hydrogen (secondary N) is 2. The number of aromatic amines is 1. The van der Waals surface area contributed by atoms with Gasteiger partial charge in [0.15, 0.2) is 0 Å².